The van der Waals surface area contributed by atoms with E-state index in [1.807, 2.05) is 24.3 Å². The van der Waals surface area contributed by atoms with Crippen LogP contribution in [-0.2, 0) is 11.2 Å². The third kappa shape index (κ3) is 2.51. The summed E-state index contributed by atoms with van der Waals surface area (Å²) in [6.45, 7) is 0.789. The number of hydrogen-bond acceptors (Lipinski definition) is 3. The fraction of sp³-hybridized carbons (Fsp3) is 0.385. The molecule has 0 bridgehead atoms. The number of nitrogens with two attached hydrogens (primary N) is 2. The van der Waals surface area contributed by atoms with Gasteiger partial charge in [-0.3, -0.25) is 9.59 Å². The van der Waals surface area contributed by atoms with Gasteiger partial charge in [-0.05, 0) is 24.5 Å². The van der Waals surface area contributed by atoms with Crippen LogP contribution in [0.4, 0.5) is 0 Å². The third-order valence-electron chi connectivity index (χ3n) is 3.19. The first-order valence-electron chi connectivity index (χ1n) is 6.01. The SMILES string of the molecule is NC(=O)C(N)CN1CCCc2ccccc2C1=O. The number of carbonyl (C=O) groups excluding carboxylic acids is 2. The molecule has 1 aliphatic heterocycles. The van der Waals surface area contributed by atoms with Crippen molar-refractivity contribution in [3.63, 3.8) is 0 Å². The highest BCUT2D eigenvalue weighted by molar-refractivity contribution is 5.96. The number of benzene rings is 1. The van der Waals surface area contributed by atoms with Gasteiger partial charge in [-0.25, -0.2) is 0 Å². The smallest absolute Gasteiger partial charge is 0.254 e. The van der Waals surface area contributed by atoms with Crippen molar-refractivity contribution in [2.75, 3.05) is 13.1 Å². The lowest BCUT2D eigenvalue weighted by molar-refractivity contribution is -0.119. The van der Waals surface area contributed by atoms with E-state index in [9.17, 15) is 9.59 Å². The molecule has 1 unspecified atom stereocenters. The molecule has 1 heterocycles. The highest BCUT2D eigenvalue weighted by Crippen LogP contribution is 2.18. The summed E-state index contributed by atoms with van der Waals surface area (Å²) in [6, 6.07) is 6.74. The lowest BCUT2D eigenvalue weighted by atomic mass is 10.0. The predicted molar refractivity (Wildman–Crippen MR) is 67.8 cm³/mol. The topological polar surface area (TPSA) is 89.4 Å². The minimum Gasteiger partial charge on any atom is -0.368 e. The average molecular weight is 247 g/mol. The zero-order valence-corrected chi connectivity index (χ0v) is 10.1. The number of hydrogen-bond donors (Lipinski definition) is 2. The van der Waals surface area contributed by atoms with Crippen LogP contribution in [0.15, 0.2) is 24.3 Å². The van der Waals surface area contributed by atoms with Crippen LogP contribution in [0.5, 0.6) is 0 Å². The Kier molecular flexibility index (Phi) is 3.62. The molecule has 2 amide bonds. The summed E-state index contributed by atoms with van der Waals surface area (Å²) in [5.74, 6) is -0.653. The van der Waals surface area contributed by atoms with Gasteiger partial charge in [0.1, 0.15) is 6.04 Å². The highest BCUT2D eigenvalue weighted by atomic mass is 16.2. The van der Waals surface area contributed by atoms with Gasteiger partial charge in [-0.15, -0.1) is 0 Å². The van der Waals surface area contributed by atoms with Crippen molar-refractivity contribution in [3.05, 3.63) is 35.4 Å². The first-order chi connectivity index (χ1) is 8.59. The number of primary amides is 1. The van der Waals surface area contributed by atoms with Crippen LogP contribution in [0.25, 0.3) is 0 Å². The highest BCUT2D eigenvalue weighted by Gasteiger charge is 2.24. The summed E-state index contributed by atoms with van der Waals surface area (Å²) >= 11 is 0. The van der Waals surface area contributed by atoms with E-state index in [0.29, 0.717) is 12.1 Å². The van der Waals surface area contributed by atoms with Crippen molar-refractivity contribution < 1.29 is 9.59 Å². The molecule has 0 aromatic heterocycles. The fourth-order valence-electron chi connectivity index (χ4n) is 2.18. The summed E-state index contributed by atoms with van der Waals surface area (Å²) in [5, 5.41) is 0. The van der Waals surface area contributed by atoms with Gasteiger partial charge >= 0.3 is 0 Å². The van der Waals surface area contributed by atoms with E-state index >= 15 is 0 Å². The molecule has 0 radical (unpaired) electrons. The van der Waals surface area contributed by atoms with Crippen molar-refractivity contribution in [1.29, 1.82) is 0 Å². The molecular weight excluding hydrogens is 230 g/mol. The number of nitrogens with zero attached hydrogens (tertiary/aromatic N) is 1. The summed E-state index contributed by atoms with van der Waals surface area (Å²) in [5.41, 5.74) is 12.5. The largest absolute Gasteiger partial charge is 0.368 e. The van der Waals surface area contributed by atoms with Crippen LogP contribution in [0.3, 0.4) is 0 Å². The molecule has 1 aliphatic rings. The number of fused-ring (bicyclic) bond motifs is 1. The molecule has 96 valence electrons. The van der Waals surface area contributed by atoms with Crippen molar-refractivity contribution in [1.82, 2.24) is 4.90 Å². The Morgan fingerprint density at radius 3 is 2.83 bits per heavy atom. The van der Waals surface area contributed by atoms with Gasteiger partial charge in [0.2, 0.25) is 5.91 Å². The van der Waals surface area contributed by atoms with Gasteiger partial charge in [0.05, 0.1) is 0 Å². The van der Waals surface area contributed by atoms with E-state index < -0.39 is 11.9 Å². The maximum Gasteiger partial charge on any atom is 0.254 e. The van der Waals surface area contributed by atoms with Gasteiger partial charge in [-0.2, -0.15) is 0 Å². The molecule has 2 rings (SSSR count). The van der Waals surface area contributed by atoms with Gasteiger partial charge < -0.3 is 16.4 Å². The van der Waals surface area contributed by atoms with Crippen LogP contribution >= 0.6 is 0 Å². The zero-order valence-electron chi connectivity index (χ0n) is 10.1. The minimum absolute atomic E-state index is 0.0696. The Bertz CT molecular complexity index is 473. The fourth-order valence-corrected chi connectivity index (χ4v) is 2.18. The number of amides is 2. The second-order valence-electron chi connectivity index (χ2n) is 4.52. The average Bonchev–Trinajstić information content (AvgIpc) is 2.51. The molecule has 18 heavy (non-hydrogen) atoms. The maximum atomic E-state index is 12.3. The lowest BCUT2D eigenvalue weighted by Gasteiger charge is -2.23. The molecule has 5 heteroatoms. The van der Waals surface area contributed by atoms with Crippen molar-refractivity contribution in [2.24, 2.45) is 11.5 Å². The maximum absolute atomic E-state index is 12.3. The quantitative estimate of drug-likeness (QED) is 0.780. The molecule has 0 saturated heterocycles. The molecule has 0 spiro atoms. The van der Waals surface area contributed by atoms with E-state index in [2.05, 4.69) is 0 Å². The Morgan fingerprint density at radius 2 is 2.11 bits per heavy atom. The van der Waals surface area contributed by atoms with E-state index in [4.69, 9.17) is 11.5 Å². The van der Waals surface area contributed by atoms with E-state index in [0.717, 1.165) is 18.4 Å². The van der Waals surface area contributed by atoms with E-state index in [1.54, 1.807) is 4.90 Å². The molecule has 1 atom stereocenters. The van der Waals surface area contributed by atoms with Crippen molar-refractivity contribution >= 4 is 11.8 Å². The van der Waals surface area contributed by atoms with Gasteiger partial charge in [0, 0.05) is 18.7 Å². The van der Waals surface area contributed by atoms with Crippen LogP contribution in [0.2, 0.25) is 0 Å². The second kappa shape index (κ2) is 5.18. The number of rotatable bonds is 3. The van der Waals surface area contributed by atoms with Crippen LogP contribution < -0.4 is 11.5 Å². The third-order valence-corrected chi connectivity index (χ3v) is 3.19. The molecule has 0 fully saturated rings. The van der Waals surface area contributed by atoms with Crippen LogP contribution in [0, 0.1) is 0 Å². The summed E-state index contributed by atoms with van der Waals surface area (Å²) in [6.07, 6.45) is 1.73. The molecule has 1 aromatic carbocycles. The van der Waals surface area contributed by atoms with Crippen molar-refractivity contribution in [2.45, 2.75) is 18.9 Å². The van der Waals surface area contributed by atoms with Crippen LogP contribution in [0.1, 0.15) is 22.3 Å². The molecule has 0 aliphatic carbocycles. The number of carbonyl (C=O) groups is 2. The molecule has 0 saturated carbocycles. The Hall–Kier alpha value is -1.88. The summed E-state index contributed by atoms with van der Waals surface area (Å²) < 4.78 is 0. The van der Waals surface area contributed by atoms with E-state index in [1.165, 1.54) is 0 Å². The first kappa shape index (κ1) is 12.6. The monoisotopic (exact) mass is 247 g/mol. The lowest BCUT2D eigenvalue weighted by Crippen LogP contribution is -2.47. The summed E-state index contributed by atoms with van der Waals surface area (Å²) in [7, 11) is 0. The van der Waals surface area contributed by atoms with Gasteiger partial charge in [0.25, 0.3) is 5.91 Å². The Labute approximate surface area is 106 Å². The Balaban J connectivity index is 2.20. The van der Waals surface area contributed by atoms with E-state index in [-0.39, 0.29) is 12.5 Å². The van der Waals surface area contributed by atoms with Gasteiger partial charge in [-0.1, -0.05) is 18.2 Å². The molecule has 1 aromatic rings. The first-order valence-corrected chi connectivity index (χ1v) is 6.01. The molecular formula is C13H17N3O2. The minimum atomic E-state index is -0.806. The molecule has 5 nitrogen and oxygen atoms in total. The second-order valence-corrected chi connectivity index (χ2v) is 4.52. The zero-order chi connectivity index (χ0) is 13.1. The standard InChI is InChI=1S/C13H17N3O2/c14-11(12(15)17)8-16-7-3-5-9-4-1-2-6-10(9)13(16)18/h1-2,4,6,11H,3,5,7-8,14H2,(H2,15,17). The van der Waals surface area contributed by atoms with Crippen molar-refractivity contribution in [3.8, 4) is 0 Å². The summed E-state index contributed by atoms with van der Waals surface area (Å²) in [4.78, 5) is 24.9. The van der Waals surface area contributed by atoms with Gasteiger partial charge in [0.15, 0.2) is 0 Å². The predicted octanol–water partition coefficient (Wildman–Crippen LogP) is -0.112. The Morgan fingerprint density at radius 1 is 1.39 bits per heavy atom. The normalized spacial score (nSPS) is 16.9. The van der Waals surface area contributed by atoms with Crippen LogP contribution in [-0.4, -0.2) is 35.8 Å². The number of aryl methyl sites for hydroxylation is 1. The molecule has 4 N–H and O–H groups in total.